The number of hydrogen-bond acceptors (Lipinski definition) is 3. The normalized spacial score (nSPS) is 10.6. The highest BCUT2D eigenvalue weighted by atomic mass is 35.5. The molecule has 4 heteroatoms. The molecule has 2 aromatic carbocycles. The van der Waals surface area contributed by atoms with Crippen LogP contribution in [0.2, 0.25) is 5.02 Å². The zero-order valence-corrected chi connectivity index (χ0v) is 10.9. The average molecular weight is 270 g/mol. The standard InChI is InChI=1S/C15H12ClN3/c16-10-5-7-11(8-6-10)19-15-12-3-1-2-4-14(12)18-9-13(15)17/h1-9H,17H2,(H,18,19). The number of anilines is 3. The number of nitrogens with zero attached hydrogens (tertiary/aromatic N) is 1. The lowest BCUT2D eigenvalue weighted by molar-refractivity contribution is 1.40. The van der Waals surface area contributed by atoms with Gasteiger partial charge < -0.3 is 11.1 Å². The van der Waals surface area contributed by atoms with E-state index in [1.165, 1.54) is 0 Å². The van der Waals surface area contributed by atoms with Gasteiger partial charge >= 0.3 is 0 Å². The number of para-hydroxylation sites is 1. The molecule has 0 fully saturated rings. The molecule has 1 heterocycles. The predicted molar refractivity (Wildman–Crippen MR) is 80.9 cm³/mol. The Hall–Kier alpha value is -2.26. The minimum Gasteiger partial charge on any atom is -0.396 e. The number of nitrogen functional groups attached to an aromatic ring is 1. The minimum atomic E-state index is 0.619. The summed E-state index contributed by atoms with van der Waals surface area (Å²) in [7, 11) is 0. The molecule has 0 spiro atoms. The Balaban J connectivity index is 2.09. The summed E-state index contributed by atoms with van der Waals surface area (Å²) < 4.78 is 0. The first-order valence-electron chi connectivity index (χ1n) is 5.90. The van der Waals surface area contributed by atoms with Gasteiger partial charge in [-0.25, -0.2) is 0 Å². The van der Waals surface area contributed by atoms with E-state index in [1.807, 2.05) is 48.5 Å². The Kier molecular flexibility index (Phi) is 2.97. The Morgan fingerprint density at radius 1 is 1.00 bits per heavy atom. The highest BCUT2D eigenvalue weighted by Crippen LogP contribution is 2.30. The maximum atomic E-state index is 6.01. The summed E-state index contributed by atoms with van der Waals surface area (Å²) in [5, 5.41) is 5.02. The Bertz CT molecular complexity index is 723. The van der Waals surface area contributed by atoms with Crippen LogP contribution in [0.4, 0.5) is 17.1 Å². The van der Waals surface area contributed by atoms with Crippen LogP contribution in [0.15, 0.2) is 54.7 Å². The Morgan fingerprint density at radius 2 is 1.74 bits per heavy atom. The lowest BCUT2D eigenvalue weighted by atomic mass is 10.1. The maximum absolute atomic E-state index is 6.01. The molecule has 0 aliphatic rings. The van der Waals surface area contributed by atoms with Crippen LogP contribution in [0.5, 0.6) is 0 Å². The van der Waals surface area contributed by atoms with Gasteiger partial charge in [0.25, 0.3) is 0 Å². The Morgan fingerprint density at radius 3 is 2.53 bits per heavy atom. The van der Waals surface area contributed by atoms with Crippen molar-refractivity contribution in [3.8, 4) is 0 Å². The van der Waals surface area contributed by atoms with Gasteiger partial charge in [-0.3, -0.25) is 4.98 Å². The molecule has 3 nitrogen and oxygen atoms in total. The highest BCUT2D eigenvalue weighted by Gasteiger charge is 2.06. The molecular formula is C15H12ClN3. The average Bonchev–Trinajstić information content (AvgIpc) is 2.44. The van der Waals surface area contributed by atoms with E-state index >= 15 is 0 Å². The van der Waals surface area contributed by atoms with E-state index in [9.17, 15) is 0 Å². The van der Waals surface area contributed by atoms with Crippen molar-refractivity contribution in [3.05, 3.63) is 59.8 Å². The van der Waals surface area contributed by atoms with Gasteiger partial charge in [0.15, 0.2) is 0 Å². The van der Waals surface area contributed by atoms with E-state index in [-0.39, 0.29) is 0 Å². The smallest absolute Gasteiger partial charge is 0.0746 e. The van der Waals surface area contributed by atoms with Gasteiger partial charge in [-0.15, -0.1) is 0 Å². The third-order valence-electron chi connectivity index (χ3n) is 2.92. The third-order valence-corrected chi connectivity index (χ3v) is 3.17. The first kappa shape index (κ1) is 11.8. The van der Waals surface area contributed by atoms with Gasteiger partial charge in [-0.2, -0.15) is 0 Å². The van der Waals surface area contributed by atoms with Crippen LogP contribution in [0.3, 0.4) is 0 Å². The van der Waals surface area contributed by atoms with E-state index < -0.39 is 0 Å². The number of halogens is 1. The van der Waals surface area contributed by atoms with Crippen LogP contribution in [-0.4, -0.2) is 4.98 Å². The first-order valence-corrected chi connectivity index (χ1v) is 6.27. The zero-order valence-electron chi connectivity index (χ0n) is 10.1. The molecule has 3 aromatic rings. The number of nitrogens with one attached hydrogen (secondary N) is 1. The van der Waals surface area contributed by atoms with Gasteiger partial charge in [-0.05, 0) is 30.3 Å². The summed E-state index contributed by atoms with van der Waals surface area (Å²) in [6.07, 6.45) is 1.67. The summed E-state index contributed by atoms with van der Waals surface area (Å²) in [4.78, 5) is 4.31. The van der Waals surface area contributed by atoms with Crippen LogP contribution in [0.1, 0.15) is 0 Å². The van der Waals surface area contributed by atoms with Crippen LogP contribution >= 0.6 is 11.6 Å². The number of hydrogen-bond donors (Lipinski definition) is 2. The number of rotatable bonds is 2. The van der Waals surface area contributed by atoms with Gasteiger partial charge in [0.1, 0.15) is 0 Å². The van der Waals surface area contributed by atoms with Gasteiger partial charge in [-0.1, -0.05) is 29.8 Å². The highest BCUT2D eigenvalue weighted by molar-refractivity contribution is 6.30. The molecular weight excluding hydrogens is 258 g/mol. The van der Waals surface area contributed by atoms with Gasteiger partial charge in [0, 0.05) is 16.1 Å². The second-order valence-electron chi connectivity index (χ2n) is 4.24. The largest absolute Gasteiger partial charge is 0.396 e. The zero-order chi connectivity index (χ0) is 13.2. The van der Waals surface area contributed by atoms with Crippen molar-refractivity contribution in [2.24, 2.45) is 0 Å². The Labute approximate surface area is 116 Å². The second-order valence-corrected chi connectivity index (χ2v) is 4.67. The summed E-state index contributed by atoms with van der Waals surface area (Å²) in [6.45, 7) is 0. The molecule has 0 bridgehead atoms. The molecule has 0 atom stereocenters. The van der Waals surface area contributed by atoms with E-state index in [4.69, 9.17) is 17.3 Å². The van der Waals surface area contributed by atoms with E-state index in [2.05, 4.69) is 10.3 Å². The molecule has 94 valence electrons. The van der Waals surface area contributed by atoms with E-state index in [0.717, 1.165) is 22.3 Å². The van der Waals surface area contributed by atoms with Gasteiger partial charge in [0.2, 0.25) is 0 Å². The summed E-state index contributed by atoms with van der Waals surface area (Å²) in [5.74, 6) is 0. The van der Waals surface area contributed by atoms with Crippen molar-refractivity contribution in [1.29, 1.82) is 0 Å². The molecule has 0 aliphatic heterocycles. The van der Waals surface area contributed by atoms with Crippen molar-refractivity contribution in [1.82, 2.24) is 4.98 Å². The lowest BCUT2D eigenvalue weighted by Gasteiger charge is -2.12. The fourth-order valence-electron chi connectivity index (χ4n) is 1.97. The minimum absolute atomic E-state index is 0.619. The molecule has 3 N–H and O–H groups in total. The van der Waals surface area contributed by atoms with Crippen LogP contribution in [0, 0.1) is 0 Å². The molecule has 3 rings (SSSR count). The van der Waals surface area contributed by atoms with Crippen LogP contribution in [0.25, 0.3) is 10.9 Å². The second kappa shape index (κ2) is 4.78. The summed E-state index contributed by atoms with van der Waals surface area (Å²) >= 11 is 5.88. The summed E-state index contributed by atoms with van der Waals surface area (Å²) in [5.41, 5.74) is 9.35. The first-order chi connectivity index (χ1) is 9.24. The number of fused-ring (bicyclic) bond motifs is 1. The molecule has 0 aliphatic carbocycles. The van der Waals surface area contributed by atoms with Crippen molar-refractivity contribution in [3.63, 3.8) is 0 Å². The van der Waals surface area contributed by atoms with Crippen LogP contribution < -0.4 is 11.1 Å². The molecule has 1 aromatic heterocycles. The fraction of sp³-hybridized carbons (Fsp3) is 0. The number of nitrogens with two attached hydrogens (primary N) is 1. The topological polar surface area (TPSA) is 50.9 Å². The third kappa shape index (κ3) is 2.33. The molecule has 0 saturated carbocycles. The SMILES string of the molecule is Nc1cnc2ccccc2c1Nc1ccc(Cl)cc1. The van der Waals surface area contributed by atoms with Crippen molar-refractivity contribution in [2.45, 2.75) is 0 Å². The van der Waals surface area contributed by atoms with E-state index in [0.29, 0.717) is 10.7 Å². The molecule has 19 heavy (non-hydrogen) atoms. The van der Waals surface area contributed by atoms with E-state index in [1.54, 1.807) is 6.20 Å². The van der Waals surface area contributed by atoms with Crippen molar-refractivity contribution in [2.75, 3.05) is 11.1 Å². The maximum Gasteiger partial charge on any atom is 0.0746 e. The van der Waals surface area contributed by atoms with Crippen molar-refractivity contribution < 1.29 is 0 Å². The molecule has 0 unspecified atom stereocenters. The molecule has 0 amide bonds. The number of aromatic nitrogens is 1. The quantitative estimate of drug-likeness (QED) is 0.732. The molecule has 0 radical (unpaired) electrons. The predicted octanol–water partition coefficient (Wildman–Crippen LogP) is 4.21. The van der Waals surface area contributed by atoms with Crippen LogP contribution in [-0.2, 0) is 0 Å². The van der Waals surface area contributed by atoms with Crippen molar-refractivity contribution >= 4 is 39.6 Å². The number of pyridine rings is 1. The summed E-state index contributed by atoms with van der Waals surface area (Å²) in [6, 6.07) is 15.4. The lowest BCUT2D eigenvalue weighted by Crippen LogP contribution is -1.98. The monoisotopic (exact) mass is 269 g/mol. The molecule has 0 saturated heterocycles. The fourth-order valence-corrected chi connectivity index (χ4v) is 2.10. The number of benzene rings is 2. The van der Waals surface area contributed by atoms with Gasteiger partial charge in [0.05, 0.1) is 23.1 Å².